The first-order valence-corrected chi connectivity index (χ1v) is 10.2. The Morgan fingerprint density at radius 3 is 2.41 bits per heavy atom. The van der Waals surface area contributed by atoms with Gasteiger partial charge in [-0.15, -0.1) is 0 Å². The van der Waals surface area contributed by atoms with Crippen molar-refractivity contribution in [3.05, 3.63) is 58.1 Å². The number of nitrogens with one attached hydrogen (secondary N) is 1. The predicted molar refractivity (Wildman–Crippen MR) is 119 cm³/mol. The van der Waals surface area contributed by atoms with Gasteiger partial charge in [0.25, 0.3) is 11.8 Å². The Bertz CT molecular complexity index is 989. The third kappa shape index (κ3) is 4.65. The Morgan fingerprint density at radius 2 is 1.76 bits per heavy atom. The number of nitrogens with zero attached hydrogens (tertiary/aromatic N) is 1. The van der Waals surface area contributed by atoms with Crippen LogP contribution >= 0.6 is 28.1 Å². The molecular weight excluding hydrogens is 456 g/mol. The summed E-state index contributed by atoms with van der Waals surface area (Å²) in [7, 11) is 0. The van der Waals surface area contributed by atoms with Crippen LogP contribution in [0.4, 0.5) is 5.69 Å². The molecule has 0 radical (unpaired) electrons. The summed E-state index contributed by atoms with van der Waals surface area (Å²) in [6.07, 6.45) is 1.51. The van der Waals surface area contributed by atoms with Crippen molar-refractivity contribution in [3.8, 4) is 11.5 Å². The fourth-order valence-corrected chi connectivity index (χ4v) is 3.35. The standard InChI is InChI=1S/C21H19BrN2O4S/c1-3-27-16-10-5-13(18(12-16)28-4-2)11-17-19(25)23-21(29)24(20(17)26)15-8-6-14(22)7-9-15/h5-12H,3-4H2,1-2H3,(H,23,25,29)/b17-11+. The van der Waals surface area contributed by atoms with Crippen LogP contribution in [0.2, 0.25) is 0 Å². The van der Waals surface area contributed by atoms with E-state index in [-0.39, 0.29) is 10.7 Å². The SMILES string of the molecule is CCOc1ccc(/C=C2\C(=O)NC(=S)N(c3ccc(Br)cc3)C2=O)c(OCC)c1. The summed E-state index contributed by atoms with van der Waals surface area (Å²) in [5.41, 5.74) is 1.12. The third-order valence-electron chi connectivity index (χ3n) is 4.08. The number of benzene rings is 2. The molecule has 1 aliphatic rings. The van der Waals surface area contributed by atoms with Gasteiger partial charge in [0.15, 0.2) is 5.11 Å². The molecule has 0 spiro atoms. The first-order chi connectivity index (χ1) is 13.9. The Hall–Kier alpha value is -2.71. The van der Waals surface area contributed by atoms with Crippen LogP contribution in [-0.2, 0) is 9.59 Å². The normalized spacial score (nSPS) is 15.5. The van der Waals surface area contributed by atoms with E-state index in [0.29, 0.717) is 36.0 Å². The third-order valence-corrected chi connectivity index (χ3v) is 4.90. The molecule has 1 heterocycles. The van der Waals surface area contributed by atoms with Gasteiger partial charge in [0.2, 0.25) is 0 Å². The van der Waals surface area contributed by atoms with Gasteiger partial charge >= 0.3 is 0 Å². The van der Waals surface area contributed by atoms with E-state index >= 15 is 0 Å². The van der Waals surface area contributed by atoms with Gasteiger partial charge in [-0.2, -0.15) is 0 Å². The molecule has 6 nitrogen and oxygen atoms in total. The van der Waals surface area contributed by atoms with E-state index in [0.717, 1.165) is 4.47 Å². The molecule has 3 rings (SSSR count). The van der Waals surface area contributed by atoms with Gasteiger partial charge in [-0.1, -0.05) is 15.9 Å². The van der Waals surface area contributed by atoms with E-state index in [1.165, 1.54) is 11.0 Å². The molecule has 2 aromatic carbocycles. The van der Waals surface area contributed by atoms with Gasteiger partial charge in [-0.3, -0.25) is 19.8 Å². The maximum atomic E-state index is 13.1. The second kappa shape index (κ2) is 9.19. The molecule has 29 heavy (non-hydrogen) atoms. The molecule has 0 atom stereocenters. The lowest BCUT2D eigenvalue weighted by molar-refractivity contribution is -0.122. The van der Waals surface area contributed by atoms with Gasteiger partial charge in [-0.05, 0) is 68.5 Å². The van der Waals surface area contributed by atoms with Crippen molar-refractivity contribution in [2.75, 3.05) is 18.1 Å². The van der Waals surface area contributed by atoms with Crippen LogP contribution in [-0.4, -0.2) is 30.1 Å². The molecule has 1 N–H and O–H groups in total. The number of carbonyl (C=O) groups is 2. The Labute approximate surface area is 182 Å². The van der Waals surface area contributed by atoms with Crippen molar-refractivity contribution in [1.29, 1.82) is 0 Å². The van der Waals surface area contributed by atoms with Gasteiger partial charge in [-0.25, -0.2) is 0 Å². The van der Waals surface area contributed by atoms with E-state index in [4.69, 9.17) is 21.7 Å². The maximum absolute atomic E-state index is 13.1. The number of thiocarbonyl (C=S) groups is 1. The minimum Gasteiger partial charge on any atom is -0.494 e. The van der Waals surface area contributed by atoms with Crippen molar-refractivity contribution in [3.63, 3.8) is 0 Å². The lowest BCUT2D eigenvalue weighted by atomic mass is 10.1. The smallest absolute Gasteiger partial charge is 0.270 e. The monoisotopic (exact) mass is 474 g/mol. The average molecular weight is 475 g/mol. The molecule has 0 saturated carbocycles. The molecule has 0 unspecified atom stereocenters. The highest BCUT2D eigenvalue weighted by Gasteiger charge is 2.34. The summed E-state index contributed by atoms with van der Waals surface area (Å²) in [5.74, 6) is 0.118. The fraction of sp³-hybridized carbons (Fsp3) is 0.190. The molecule has 0 aliphatic carbocycles. The number of anilines is 1. The summed E-state index contributed by atoms with van der Waals surface area (Å²) in [5, 5.41) is 2.62. The van der Waals surface area contributed by atoms with Crippen LogP contribution in [0.25, 0.3) is 6.08 Å². The highest BCUT2D eigenvalue weighted by molar-refractivity contribution is 9.10. The van der Waals surface area contributed by atoms with E-state index in [2.05, 4.69) is 21.2 Å². The zero-order valence-electron chi connectivity index (χ0n) is 15.9. The zero-order valence-corrected chi connectivity index (χ0v) is 18.3. The van der Waals surface area contributed by atoms with Gasteiger partial charge in [0.05, 0.1) is 18.9 Å². The lowest BCUT2D eigenvalue weighted by Crippen LogP contribution is -2.54. The van der Waals surface area contributed by atoms with E-state index in [9.17, 15) is 9.59 Å². The van der Waals surface area contributed by atoms with Crippen LogP contribution < -0.4 is 19.7 Å². The van der Waals surface area contributed by atoms with Gasteiger partial charge in [0, 0.05) is 16.1 Å². The minimum absolute atomic E-state index is 0.0355. The number of amides is 2. The number of hydrogen-bond acceptors (Lipinski definition) is 5. The van der Waals surface area contributed by atoms with E-state index in [1.54, 1.807) is 42.5 Å². The number of ether oxygens (including phenoxy) is 2. The summed E-state index contributed by atoms with van der Waals surface area (Å²) in [6.45, 7) is 4.70. The topological polar surface area (TPSA) is 67.9 Å². The van der Waals surface area contributed by atoms with E-state index < -0.39 is 11.8 Å². The largest absolute Gasteiger partial charge is 0.494 e. The number of hydrogen-bond donors (Lipinski definition) is 1. The molecule has 1 aliphatic heterocycles. The molecule has 2 aromatic rings. The Morgan fingerprint density at radius 1 is 1.07 bits per heavy atom. The molecular formula is C21H19BrN2O4S. The summed E-state index contributed by atoms with van der Waals surface area (Å²) < 4.78 is 12.0. The van der Waals surface area contributed by atoms with Crippen LogP contribution in [0.1, 0.15) is 19.4 Å². The first kappa shape index (κ1) is 21.0. The highest BCUT2D eigenvalue weighted by Crippen LogP contribution is 2.29. The number of rotatable bonds is 6. The summed E-state index contributed by atoms with van der Waals surface area (Å²) >= 11 is 8.58. The van der Waals surface area contributed by atoms with Crippen molar-refractivity contribution in [2.45, 2.75) is 13.8 Å². The van der Waals surface area contributed by atoms with Crippen LogP contribution in [0.5, 0.6) is 11.5 Å². The van der Waals surface area contributed by atoms with Crippen LogP contribution in [0.15, 0.2) is 52.5 Å². The van der Waals surface area contributed by atoms with Gasteiger partial charge in [0.1, 0.15) is 17.1 Å². The first-order valence-electron chi connectivity index (χ1n) is 9.01. The van der Waals surface area contributed by atoms with Crippen LogP contribution in [0, 0.1) is 0 Å². The average Bonchev–Trinajstić information content (AvgIpc) is 2.68. The quantitative estimate of drug-likeness (QED) is 0.388. The van der Waals surface area contributed by atoms with Crippen molar-refractivity contribution in [1.82, 2.24) is 5.32 Å². The number of halogens is 1. The second-order valence-corrected chi connectivity index (χ2v) is 7.30. The lowest BCUT2D eigenvalue weighted by Gasteiger charge is -2.29. The summed E-state index contributed by atoms with van der Waals surface area (Å²) in [4.78, 5) is 26.9. The van der Waals surface area contributed by atoms with Crippen molar-refractivity contribution in [2.24, 2.45) is 0 Å². The van der Waals surface area contributed by atoms with Crippen molar-refractivity contribution >= 4 is 56.8 Å². The fourth-order valence-electron chi connectivity index (χ4n) is 2.81. The summed E-state index contributed by atoms with van der Waals surface area (Å²) in [6, 6.07) is 12.3. The molecule has 8 heteroatoms. The van der Waals surface area contributed by atoms with Crippen molar-refractivity contribution < 1.29 is 19.1 Å². The molecule has 1 saturated heterocycles. The molecule has 0 aromatic heterocycles. The Balaban J connectivity index is 2.01. The maximum Gasteiger partial charge on any atom is 0.270 e. The molecule has 0 bridgehead atoms. The molecule has 1 fully saturated rings. The molecule has 2 amide bonds. The minimum atomic E-state index is -0.551. The predicted octanol–water partition coefficient (Wildman–Crippen LogP) is 4.08. The highest BCUT2D eigenvalue weighted by atomic mass is 79.9. The molecule has 150 valence electrons. The zero-order chi connectivity index (χ0) is 21.0. The number of carbonyl (C=O) groups excluding carboxylic acids is 2. The van der Waals surface area contributed by atoms with E-state index in [1.807, 2.05) is 13.8 Å². The second-order valence-electron chi connectivity index (χ2n) is 6.00. The van der Waals surface area contributed by atoms with Gasteiger partial charge < -0.3 is 9.47 Å². The van der Waals surface area contributed by atoms with Crippen LogP contribution in [0.3, 0.4) is 0 Å². The Kier molecular flexibility index (Phi) is 6.66.